The molecule has 3 aliphatic rings. The van der Waals surface area contributed by atoms with Gasteiger partial charge in [-0.1, -0.05) is 152 Å². The van der Waals surface area contributed by atoms with Gasteiger partial charge in [0.25, 0.3) is 0 Å². The smallest absolute Gasteiger partial charge is 0.164 e. The second-order valence-corrected chi connectivity index (χ2v) is 14.3. The van der Waals surface area contributed by atoms with Crippen molar-refractivity contribution in [1.82, 2.24) is 15.0 Å². The number of rotatable bonds is 4. The lowest BCUT2D eigenvalue weighted by Gasteiger charge is -2.37. The molecule has 6 nitrogen and oxygen atoms in total. The Balaban J connectivity index is 1.23. The summed E-state index contributed by atoms with van der Waals surface area (Å²) in [5.41, 5.74) is 10.8. The topological polar surface area (TPSA) is 64.3 Å². The van der Waals surface area contributed by atoms with Gasteiger partial charge in [0.1, 0.15) is 16.8 Å². The van der Waals surface area contributed by atoms with Gasteiger partial charge in [0.05, 0.1) is 16.9 Å². The summed E-state index contributed by atoms with van der Waals surface area (Å²) in [5, 5.41) is 1.03. The van der Waals surface area contributed by atoms with Gasteiger partial charge in [-0.15, -0.1) is 0 Å². The highest BCUT2D eigenvalue weighted by Gasteiger charge is 2.61. The molecule has 9 aromatic rings. The Labute approximate surface area is 322 Å². The second-order valence-electron chi connectivity index (χ2n) is 14.3. The molecule has 1 unspecified atom stereocenters. The Morgan fingerprint density at radius 2 is 1.07 bits per heavy atom. The highest BCUT2D eigenvalue weighted by Crippen LogP contribution is 2.67. The summed E-state index contributed by atoms with van der Waals surface area (Å²) in [6, 6.07) is 62.5. The summed E-state index contributed by atoms with van der Waals surface area (Å²) in [4.78, 5) is 17.9. The fourth-order valence-corrected chi connectivity index (χ4v) is 9.03. The number of hydrogen-bond donors (Lipinski definition) is 0. The molecule has 0 bridgehead atoms. The van der Waals surface area contributed by atoms with Crippen molar-refractivity contribution in [2.75, 3.05) is 4.90 Å². The van der Waals surface area contributed by atoms with E-state index in [0.29, 0.717) is 17.5 Å². The maximum atomic E-state index is 7.35. The van der Waals surface area contributed by atoms with Crippen molar-refractivity contribution in [3.63, 3.8) is 0 Å². The summed E-state index contributed by atoms with van der Waals surface area (Å²) in [5.74, 6) is 4.15. The Morgan fingerprint density at radius 1 is 0.482 bits per heavy atom. The Hall–Kier alpha value is -7.57. The third kappa shape index (κ3) is 4.18. The predicted molar refractivity (Wildman–Crippen MR) is 220 cm³/mol. The molecule has 3 heterocycles. The molecular weight excluding hydrogens is 689 g/mol. The molecule has 56 heavy (non-hydrogen) atoms. The van der Waals surface area contributed by atoms with Crippen molar-refractivity contribution in [3.05, 3.63) is 210 Å². The molecule has 2 aliphatic carbocycles. The fraction of sp³-hybridized carbons (Fsp3) is 0.0200. The van der Waals surface area contributed by atoms with Gasteiger partial charge in [0.2, 0.25) is 0 Å². The van der Waals surface area contributed by atoms with Crippen LogP contribution in [-0.4, -0.2) is 15.0 Å². The highest BCUT2D eigenvalue weighted by atomic mass is 16.5. The number of benzene rings is 7. The maximum Gasteiger partial charge on any atom is 0.164 e. The minimum absolute atomic E-state index is 0.574. The summed E-state index contributed by atoms with van der Waals surface area (Å²) in [6.45, 7) is 0. The number of hydrogen-bond acceptors (Lipinski definition) is 6. The summed E-state index contributed by atoms with van der Waals surface area (Å²) < 4.78 is 14.6. The average Bonchev–Trinajstić information content (AvgIpc) is 3.90. The molecule has 0 saturated carbocycles. The summed E-state index contributed by atoms with van der Waals surface area (Å²) >= 11 is 0. The van der Waals surface area contributed by atoms with E-state index in [4.69, 9.17) is 24.1 Å². The van der Waals surface area contributed by atoms with Crippen molar-refractivity contribution in [2.45, 2.75) is 5.41 Å². The monoisotopic (exact) mass is 718 g/mol. The zero-order valence-electron chi connectivity index (χ0n) is 29.9. The first-order valence-corrected chi connectivity index (χ1v) is 18.8. The van der Waals surface area contributed by atoms with E-state index in [1.807, 2.05) is 72.8 Å². The van der Waals surface area contributed by atoms with E-state index in [0.717, 1.165) is 89.8 Å². The standard InChI is InChI=1S/C50H30N4O2/c1-4-17-31(18-5-1)47-51-48(32-19-6-2-7-20-32)53-49(52-47)37-26-16-25-35-34-23-10-12-27-38(34)50(43(35)37)45-42(36-24-11-14-29-40(36)55-45)44-46(50)56-41-30-15-13-28-39(41)54(44)33-21-8-3-9-22-33/h1-30H. The number of furan rings is 1. The van der Waals surface area contributed by atoms with Crippen LogP contribution in [0.3, 0.4) is 0 Å². The van der Waals surface area contributed by atoms with Gasteiger partial charge in [-0.3, -0.25) is 0 Å². The minimum Gasteiger partial charge on any atom is -0.459 e. The van der Waals surface area contributed by atoms with E-state index in [9.17, 15) is 0 Å². The molecule has 0 N–H and O–H groups in total. The normalized spacial score (nSPS) is 16.0. The first-order chi connectivity index (χ1) is 27.8. The molecule has 1 atom stereocenters. The number of fused-ring (bicyclic) bond motifs is 12. The minimum atomic E-state index is -1.00. The van der Waals surface area contributed by atoms with Crippen LogP contribution in [-0.2, 0) is 5.41 Å². The Kier molecular flexibility index (Phi) is 6.45. The number of anilines is 2. The van der Waals surface area contributed by atoms with Crippen LogP contribution < -0.4 is 9.64 Å². The lowest BCUT2D eigenvalue weighted by Crippen LogP contribution is -2.33. The molecule has 0 amide bonds. The third-order valence-electron chi connectivity index (χ3n) is 11.3. The van der Waals surface area contributed by atoms with E-state index >= 15 is 0 Å². The Bertz CT molecular complexity index is 3010. The quantitative estimate of drug-likeness (QED) is 0.180. The number of nitrogens with zero attached hydrogens (tertiary/aromatic N) is 4. The molecule has 0 saturated heterocycles. The number of ether oxygens (including phenoxy) is 1. The van der Waals surface area contributed by atoms with Gasteiger partial charge >= 0.3 is 0 Å². The van der Waals surface area contributed by atoms with Crippen LogP contribution in [0.4, 0.5) is 11.4 Å². The SMILES string of the molecule is c1ccc(-c2nc(-c3ccccc3)nc(-c3cccc4c3C3(C5=C(c6c3oc3ccccc63)N(c3ccccc3)c3ccccc3O5)c3ccccc3-4)n2)cc1. The molecule has 0 fully saturated rings. The highest BCUT2D eigenvalue weighted by molar-refractivity contribution is 6.08. The van der Waals surface area contributed by atoms with Crippen LogP contribution in [0.15, 0.2) is 192 Å². The molecule has 7 aromatic carbocycles. The molecule has 1 spiro atoms. The van der Waals surface area contributed by atoms with E-state index in [1.165, 1.54) is 0 Å². The van der Waals surface area contributed by atoms with Gasteiger partial charge in [0, 0.05) is 27.8 Å². The van der Waals surface area contributed by atoms with Crippen molar-refractivity contribution < 1.29 is 9.15 Å². The lowest BCUT2D eigenvalue weighted by atomic mass is 9.74. The predicted octanol–water partition coefficient (Wildman–Crippen LogP) is 11.8. The van der Waals surface area contributed by atoms with Gasteiger partial charge < -0.3 is 14.1 Å². The third-order valence-corrected chi connectivity index (χ3v) is 11.3. The van der Waals surface area contributed by atoms with Gasteiger partial charge in [-0.2, -0.15) is 0 Å². The van der Waals surface area contributed by atoms with Crippen LogP contribution in [0.1, 0.15) is 22.5 Å². The second kappa shape index (κ2) is 11.7. The average molecular weight is 719 g/mol. The first-order valence-electron chi connectivity index (χ1n) is 18.8. The number of aromatic nitrogens is 3. The largest absolute Gasteiger partial charge is 0.459 e. The van der Waals surface area contributed by atoms with Crippen molar-refractivity contribution >= 4 is 28.0 Å². The first kappa shape index (κ1) is 30.8. The van der Waals surface area contributed by atoms with Crippen LogP contribution in [0.25, 0.3) is 62.0 Å². The van der Waals surface area contributed by atoms with Crippen molar-refractivity contribution in [3.8, 4) is 51.0 Å². The zero-order valence-corrected chi connectivity index (χ0v) is 29.9. The van der Waals surface area contributed by atoms with Crippen LogP contribution >= 0.6 is 0 Å². The summed E-state index contributed by atoms with van der Waals surface area (Å²) in [6.07, 6.45) is 0. The molecule has 6 heteroatoms. The molecule has 2 aromatic heterocycles. The number of allylic oxidation sites excluding steroid dienone is 1. The van der Waals surface area contributed by atoms with Crippen molar-refractivity contribution in [2.24, 2.45) is 0 Å². The van der Waals surface area contributed by atoms with E-state index in [-0.39, 0.29) is 0 Å². The van der Waals surface area contributed by atoms with E-state index < -0.39 is 5.41 Å². The molecular formula is C50H30N4O2. The molecule has 12 rings (SSSR count). The van der Waals surface area contributed by atoms with E-state index in [2.05, 4.69) is 114 Å². The number of para-hydroxylation sites is 4. The van der Waals surface area contributed by atoms with E-state index in [1.54, 1.807) is 0 Å². The Morgan fingerprint density at radius 3 is 1.84 bits per heavy atom. The summed E-state index contributed by atoms with van der Waals surface area (Å²) in [7, 11) is 0. The van der Waals surface area contributed by atoms with Crippen LogP contribution in [0.2, 0.25) is 0 Å². The van der Waals surface area contributed by atoms with Gasteiger partial charge in [-0.05, 0) is 52.6 Å². The van der Waals surface area contributed by atoms with Gasteiger partial charge in [0.15, 0.2) is 29.0 Å². The zero-order chi connectivity index (χ0) is 36.8. The molecule has 1 aliphatic heterocycles. The lowest BCUT2D eigenvalue weighted by molar-refractivity contribution is 0.347. The molecule has 262 valence electrons. The van der Waals surface area contributed by atoms with Crippen molar-refractivity contribution in [1.29, 1.82) is 0 Å². The molecule has 0 radical (unpaired) electrons. The maximum absolute atomic E-state index is 7.35. The fourth-order valence-electron chi connectivity index (χ4n) is 9.03. The van der Waals surface area contributed by atoms with Crippen LogP contribution in [0, 0.1) is 0 Å². The van der Waals surface area contributed by atoms with Crippen LogP contribution in [0.5, 0.6) is 5.75 Å². The van der Waals surface area contributed by atoms with Gasteiger partial charge in [-0.25, -0.2) is 15.0 Å².